The van der Waals surface area contributed by atoms with Crippen LogP contribution < -0.4 is 5.32 Å². The van der Waals surface area contributed by atoms with Crippen molar-refractivity contribution in [1.82, 2.24) is 24.6 Å². The number of fused-ring (bicyclic) bond motifs is 1. The number of aromatic amines is 1. The average molecular weight is 533 g/mol. The highest BCUT2D eigenvalue weighted by molar-refractivity contribution is 5.99. The summed E-state index contributed by atoms with van der Waals surface area (Å²) >= 11 is 0. The maximum Gasteiger partial charge on any atom is 0.226 e. The van der Waals surface area contributed by atoms with Gasteiger partial charge in [-0.3, -0.25) is 14.4 Å². The molecule has 2 aromatic carbocycles. The van der Waals surface area contributed by atoms with E-state index >= 15 is 0 Å². The molecule has 1 aliphatic rings. The first kappa shape index (κ1) is 26.0. The highest BCUT2D eigenvalue weighted by Crippen LogP contribution is 2.37. The molecular weight excluding hydrogens is 496 g/mol. The van der Waals surface area contributed by atoms with Crippen molar-refractivity contribution in [2.75, 3.05) is 18.4 Å². The molecule has 0 saturated carbocycles. The molecule has 6 rings (SSSR count). The summed E-state index contributed by atoms with van der Waals surface area (Å²) < 4.78 is 1.97. The van der Waals surface area contributed by atoms with Crippen LogP contribution in [0.15, 0.2) is 73.1 Å². The maximum absolute atomic E-state index is 12.1. The van der Waals surface area contributed by atoms with Crippen molar-refractivity contribution < 1.29 is 4.79 Å². The van der Waals surface area contributed by atoms with E-state index in [1.165, 1.54) is 37.1 Å². The Bertz CT molecular complexity index is 1640. The number of rotatable bonds is 8. The van der Waals surface area contributed by atoms with Gasteiger partial charge in [-0.25, -0.2) is 4.98 Å². The maximum atomic E-state index is 12.1. The molecule has 0 spiro atoms. The molecule has 204 valence electrons. The van der Waals surface area contributed by atoms with Crippen molar-refractivity contribution in [3.63, 3.8) is 0 Å². The molecular formula is C33H36N6O. The van der Waals surface area contributed by atoms with E-state index in [9.17, 15) is 4.79 Å². The smallest absolute Gasteiger partial charge is 0.226 e. The van der Waals surface area contributed by atoms with Crippen LogP contribution in [0.25, 0.3) is 44.7 Å². The van der Waals surface area contributed by atoms with E-state index in [0.717, 1.165) is 57.9 Å². The third-order valence-corrected chi connectivity index (χ3v) is 7.70. The number of amides is 1. The van der Waals surface area contributed by atoms with E-state index < -0.39 is 0 Å². The fourth-order valence-corrected chi connectivity index (χ4v) is 5.45. The van der Waals surface area contributed by atoms with Crippen molar-refractivity contribution in [2.45, 2.75) is 46.7 Å². The number of carbonyl (C=O) groups is 1. The van der Waals surface area contributed by atoms with Crippen LogP contribution in [0.5, 0.6) is 0 Å². The number of benzene rings is 2. The minimum atomic E-state index is -0.0700. The van der Waals surface area contributed by atoms with Crippen LogP contribution in [0, 0.1) is 5.92 Å². The number of likely N-dealkylation sites (tertiary alicyclic amines) is 1. The Hall–Kier alpha value is -4.23. The molecule has 1 saturated heterocycles. The summed E-state index contributed by atoms with van der Waals surface area (Å²) in [6.45, 7) is 10.0. The van der Waals surface area contributed by atoms with Gasteiger partial charge in [0.25, 0.3) is 0 Å². The molecule has 5 aromatic rings. The molecule has 1 amide bonds. The summed E-state index contributed by atoms with van der Waals surface area (Å²) in [6, 6.07) is 21.0. The monoisotopic (exact) mass is 532 g/mol. The van der Waals surface area contributed by atoms with E-state index in [2.05, 4.69) is 69.7 Å². The van der Waals surface area contributed by atoms with Gasteiger partial charge in [-0.15, -0.1) is 0 Å². The first-order chi connectivity index (χ1) is 19.5. The number of anilines is 1. The Morgan fingerprint density at radius 3 is 2.55 bits per heavy atom. The minimum absolute atomic E-state index is 0.00715. The molecule has 0 bridgehead atoms. The lowest BCUT2D eigenvalue weighted by atomic mass is 9.99. The third kappa shape index (κ3) is 5.29. The van der Waals surface area contributed by atoms with Gasteiger partial charge >= 0.3 is 0 Å². The molecule has 40 heavy (non-hydrogen) atoms. The molecule has 0 aliphatic carbocycles. The molecule has 0 radical (unpaired) electrons. The van der Waals surface area contributed by atoms with Gasteiger partial charge in [0.2, 0.25) is 5.91 Å². The van der Waals surface area contributed by atoms with E-state index in [1.807, 2.05) is 49.0 Å². The number of H-pyrrole nitrogens is 1. The second kappa shape index (κ2) is 11.1. The Labute approximate surface area is 235 Å². The van der Waals surface area contributed by atoms with Crippen molar-refractivity contribution in [3.05, 3.63) is 78.6 Å². The lowest BCUT2D eigenvalue weighted by Crippen LogP contribution is -2.18. The number of carbonyl (C=O) groups excluding carboxylic acids is 1. The Kier molecular flexibility index (Phi) is 7.22. The molecule has 7 nitrogen and oxygen atoms in total. The summed E-state index contributed by atoms with van der Waals surface area (Å²) in [4.78, 5) is 22.9. The van der Waals surface area contributed by atoms with Crippen molar-refractivity contribution in [3.8, 4) is 33.6 Å². The standard InChI is InChI=1S/C33H36N6O/c1-4-39-21-29(31(37-39)24-10-12-26(13-11-24)35-33(40)22(2)3)27-14-15-34-32-28(27)19-30(36-32)25-9-7-8-23(18-25)20-38-16-5-6-17-38/h7-15,18-19,21-22H,4-6,16-17,20H2,1-3H3,(H,34,36)(H,35,40). The van der Waals surface area contributed by atoms with Gasteiger partial charge in [-0.1, -0.05) is 44.2 Å². The normalized spacial score (nSPS) is 13.9. The SMILES string of the molecule is CCn1cc(-c2ccnc3[nH]c(-c4cccc(CN5CCCC5)c4)cc23)c(-c2ccc(NC(=O)C(C)C)cc2)n1. The number of aryl methyl sites for hydroxylation is 1. The lowest BCUT2D eigenvalue weighted by molar-refractivity contribution is -0.118. The van der Waals surface area contributed by atoms with Gasteiger partial charge in [0.15, 0.2) is 0 Å². The molecule has 4 heterocycles. The first-order valence-corrected chi connectivity index (χ1v) is 14.3. The fraction of sp³-hybridized carbons (Fsp3) is 0.303. The van der Waals surface area contributed by atoms with Crippen LogP contribution in [0.1, 0.15) is 39.2 Å². The van der Waals surface area contributed by atoms with Gasteiger partial charge in [-0.2, -0.15) is 5.10 Å². The van der Waals surface area contributed by atoms with E-state index in [0.29, 0.717) is 0 Å². The summed E-state index contributed by atoms with van der Waals surface area (Å²) in [7, 11) is 0. The van der Waals surface area contributed by atoms with Crippen LogP contribution in [-0.2, 0) is 17.9 Å². The second-order valence-corrected chi connectivity index (χ2v) is 11.0. The number of pyridine rings is 1. The molecule has 0 unspecified atom stereocenters. The van der Waals surface area contributed by atoms with Crippen LogP contribution in [-0.4, -0.2) is 43.6 Å². The highest BCUT2D eigenvalue weighted by Gasteiger charge is 2.18. The van der Waals surface area contributed by atoms with Crippen LogP contribution in [0.2, 0.25) is 0 Å². The van der Waals surface area contributed by atoms with Crippen molar-refractivity contribution in [2.24, 2.45) is 5.92 Å². The fourth-order valence-electron chi connectivity index (χ4n) is 5.45. The summed E-state index contributed by atoms with van der Waals surface area (Å²) in [5, 5.41) is 8.96. The summed E-state index contributed by atoms with van der Waals surface area (Å²) in [5.41, 5.74) is 9.27. The van der Waals surface area contributed by atoms with Gasteiger partial charge in [-0.05, 0) is 79.9 Å². The van der Waals surface area contributed by atoms with E-state index in [1.54, 1.807) is 0 Å². The Morgan fingerprint density at radius 1 is 1.00 bits per heavy atom. The predicted molar refractivity (Wildman–Crippen MR) is 162 cm³/mol. The number of nitrogens with zero attached hydrogens (tertiary/aromatic N) is 4. The van der Waals surface area contributed by atoms with Crippen molar-refractivity contribution in [1.29, 1.82) is 0 Å². The number of hydrogen-bond donors (Lipinski definition) is 2. The largest absolute Gasteiger partial charge is 0.339 e. The third-order valence-electron chi connectivity index (χ3n) is 7.70. The average Bonchev–Trinajstić information content (AvgIpc) is 3.73. The lowest BCUT2D eigenvalue weighted by Gasteiger charge is -2.14. The molecule has 3 aromatic heterocycles. The van der Waals surface area contributed by atoms with E-state index in [-0.39, 0.29) is 11.8 Å². The van der Waals surface area contributed by atoms with Crippen LogP contribution >= 0.6 is 0 Å². The van der Waals surface area contributed by atoms with Gasteiger partial charge in [0, 0.05) is 59.3 Å². The number of nitrogens with one attached hydrogen (secondary N) is 2. The molecule has 1 fully saturated rings. The minimum Gasteiger partial charge on any atom is -0.339 e. The topological polar surface area (TPSA) is 78.8 Å². The molecule has 0 atom stereocenters. The highest BCUT2D eigenvalue weighted by atomic mass is 16.1. The Balaban J connectivity index is 1.35. The van der Waals surface area contributed by atoms with Crippen molar-refractivity contribution >= 4 is 22.6 Å². The zero-order valence-corrected chi connectivity index (χ0v) is 23.4. The molecule has 1 aliphatic heterocycles. The zero-order chi connectivity index (χ0) is 27.6. The summed E-state index contributed by atoms with van der Waals surface area (Å²) in [6.07, 6.45) is 6.57. The molecule has 7 heteroatoms. The van der Waals surface area contributed by atoms with Gasteiger partial charge < -0.3 is 10.3 Å². The summed E-state index contributed by atoms with van der Waals surface area (Å²) in [5.74, 6) is -0.0628. The predicted octanol–water partition coefficient (Wildman–Crippen LogP) is 6.97. The quantitative estimate of drug-likeness (QED) is 0.226. The molecule has 2 N–H and O–H groups in total. The second-order valence-electron chi connectivity index (χ2n) is 11.0. The van der Waals surface area contributed by atoms with Crippen LogP contribution in [0.4, 0.5) is 5.69 Å². The van der Waals surface area contributed by atoms with Crippen LogP contribution in [0.3, 0.4) is 0 Å². The van der Waals surface area contributed by atoms with E-state index in [4.69, 9.17) is 5.10 Å². The van der Waals surface area contributed by atoms with Gasteiger partial charge in [0.05, 0.1) is 0 Å². The first-order valence-electron chi connectivity index (χ1n) is 14.3. The van der Waals surface area contributed by atoms with Gasteiger partial charge in [0.1, 0.15) is 11.3 Å². The number of hydrogen-bond acceptors (Lipinski definition) is 4. The Morgan fingerprint density at radius 2 is 1.80 bits per heavy atom. The number of aromatic nitrogens is 4. The zero-order valence-electron chi connectivity index (χ0n) is 23.4.